The summed E-state index contributed by atoms with van der Waals surface area (Å²) in [6.45, 7) is 4.95. The topological polar surface area (TPSA) is 203 Å². The molecule has 0 saturated heterocycles. The van der Waals surface area contributed by atoms with Gasteiger partial charge in [0.1, 0.15) is 5.82 Å². The van der Waals surface area contributed by atoms with Crippen molar-refractivity contribution < 1.29 is 20.1 Å². The molecule has 1 aliphatic carbocycles. The Kier molecular flexibility index (Phi) is 8.87. The minimum absolute atomic E-state index is 0.0295. The predicted molar refractivity (Wildman–Crippen MR) is 195 cm³/mol. The molecule has 2 unspecified atom stereocenters. The SMILES string of the molecule is CC(C)C1=C(O)CC(O)C(c2n[nH]c(=O)n2-c2ccc3c(ccn3CCN(C)C(=O)c3ccc(CCc4c[nH]c5c4C(O)N=C(N)N5)cc3)c2)=C1. The van der Waals surface area contributed by atoms with Crippen molar-refractivity contribution in [2.45, 2.75) is 52.0 Å². The molecule has 4 heterocycles. The first-order valence-corrected chi connectivity index (χ1v) is 16.9. The van der Waals surface area contributed by atoms with Gasteiger partial charge >= 0.3 is 5.69 Å². The standard InChI is InChI=1S/C37H41N9O5/c1-20(2)26-17-27(30(48)18-29(26)47)33-42-43-37(51)46(33)25-10-11-28-23(16-25)12-13-45(28)15-14-44(3)35(50)22-7-4-21(5-8-22)6-9-24-19-39-32-31(24)34(49)41-36(38)40-32/h4-5,7-8,10-13,16-17,19-20,30,34,39,47-49H,6,9,14-15,18H2,1-3H3,(H,43,51)(H3,38,40,41). The second-order valence-electron chi connectivity index (χ2n) is 13.4. The van der Waals surface area contributed by atoms with Crippen molar-refractivity contribution >= 4 is 34.2 Å². The van der Waals surface area contributed by atoms with Crippen LogP contribution in [0, 0.1) is 5.92 Å². The average molecular weight is 692 g/mol. The summed E-state index contributed by atoms with van der Waals surface area (Å²) in [6.07, 6.45) is 4.97. The van der Waals surface area contributed by atoms with E-state index in [1.165, 1.54) is 4.57 Å². The van der Waals surface area contributed by atoms with Crippen LogP contribution in [0.2, 0.25) is 0 Å². The molecule has 264 valence electrons. The van der Waals surface area contributed by atoms with E-state index in [0.29, 0.717) is 59.1 Å². The van der Waals surface area contributed by atoms with E-state index in [1.807, 2.05) is 74.8 Å². The first kappa shape index (κ1) is 33.6. The number of aromatic nitrogens is 5. The summed E-state index contributed by atoms with van der Waals surface area (Å²) in [5.74, 6) is 1.20. The molecule has 2 aromatic carbocycles. The second-order valence-corrected chi connectivity index (χ2v) is 13.4. The van der Waals surface area contributed by atoms with Gasteiger partial charge in [-0.25, -0.2) is 19.5 Å². The molecule has 8 N–H and O–H groups in total. The minimum atomic E-state index is -1.00. The fourth-order valence-corrected chi connectivity index (χ4v) is 6.83. The van der Waals surface area contributed by atoms with Gasteiger partial charge in [-0.15, -0.1) is 0 Å². The highest BCUT2D eigenvalue weighted by molar-refractivity contribution is 5.94. The average Bonchev–Trinajstić information content (AvgIpc) is 3.82. The molecular weight excluding hydrogens is 650 g/mol. The number of nitrogens with two attached hydrogens (primary N) is 1. The molecule has 51 heavy (non-hydrogen) atoms. The highest BCUT2D eigenvalue weighted by Crippen LogP contribution is 2.33. The number of amides is 1. The maximum Gasteiger partial charge on any atom is 0.348 e. The predicted octanol–water partition coefficient (Wildman–Crippen LogP) is 3.75. The third kappa shape index (κ3) is 6.46. The molecule has 0 spiro atoms. The number of anilines is 1. The van der Waals surface area contributed by atoms with Crippen molar-refractivity contribution in [3.63, 3.8) is 0 Å². The number of carbonyl (C=O) groups excluding carboxylic acids is 1. The van der Waals surface area contributed by atoms with Gasteiger partial charge in [-0.2, -0.15) is 5.10 Å². The number of guanidine groups is 1. The van der Waals surface area contributed by atoms with Crippen LogP contribution in [0.1, 0.15) is 59.4 Å². The largest absolute Gasteiger partial charge is 0.512 e. The smallest absolute Gasteiger partial charge is 0.348 e. The summed E-state index contributed by atoms with van der Waals surface area (Å²) < 4.78 is 3.50. The summed E-state index contributed by atoms with van der Waals surface area (Å²) in [7, 11) is 1.78. The Morgan fingerprint density at radius 1 is 1.12 bits per heavy atom. The monoisotopic (exact) mass is 691 g/mol. The number of likely N-dealkylation sites (N-methyl/N-ethyl adjacent to an activating group) is 1. The van der Waals surface area contributed by atoms with Crippen molar-refractivity contribution in [1.82, 2.24) is 29.2 Å². The summed E-state index contributed by atoms with van der Waals surface area (Å²) in [6, 6.07) is 15.2. The van der Waals surface area contributed by atoms with E-state index in [0.717, 1.165) is 28.5 Å². The number of carbonyl (C=O) groups is 1. The normalized spacial score (nSPS) is 17.4. The van der Waals surface area contributed by atoms with Gasteiger partial charge in [0.2, 0.25) is 0 Å². The van der Waals surface area contributed by atoms with Crippen LogP contribution < -0.4 is 16.7 Å². The number of benzene rings is 2. The molecule has 0 saturated carbocycles. The van der Waals surface area contributed by atoms with E-state index in [2.05, 4.69) is 30.1 Å². The number of hydrogen-bond donors (Lipinski definition) is 7. The lowest BCUT2D eigenvalue weighted by atomic mass is 9.89. The Balaban J connectivity index is 1.000. The number of aliphatic imine (C=N–C) groups is 1. The molecule has 0 fully saturated rings. The molecule has 7 rings (SSSR count). The minimum Gasteiger partial charge on any atom is -0.512 e. The Morgan fingerprint density at radius 2 is 1.90 bits per heavy atom. The van der Waals surface area contributed by atoms with Crippen LogP contribution in [0.4, 0.5) is 5.82 Å². The fourth-order valence-electron chi connectivity index (χ4n) is 6.83. The number of aromatic amines is 2. The second kappa shape index (κ2) is 13.5. The maximum atomic E-state index is 13.3. The Morgan fingerprint density at radius 3 is 2.67 bits per heavy atom. The molecule has 14 nitrogen and oxygen atoms in total. The van der Waals surface area contributed by atoms with E-state index < -0.39 is 18.0 Å². The van der Waals surface area contributed by atoms with Gasteiger partial charge in [0.05, 0.1) is 17.6 Å². The van der Waals surface area contributed by atoms with Crippen molar-refractivity contribution in [3.05, 3.63) is 117 Å². The van der Waals surface area contributed by atoms with Crippen molar-refractivity contribution in [2.75, 3.05) is 18.9 Å². The number of aliphatic hydroxyl groups is 3. The molecule has 1 aliphatic heterocycles. The van der Waals surface area contributed by atoms with E-state index in [1.54, 1.807) is 18.0 Å². The van der Waals surface area contributed by atoms with E-state index in [9.17, 15) is 24.9 Å². The Hall–Kier alpha value is -5.86. The van der Waals surface area contributed by atoms with E-state index >= 15 is 0 Å². The molecule has 14 heteroatoms. The molecule has 2 atom stereocenters. The number of hydrogen-bond acceptors (Lipinski definition) is 9. The van der Waals surface area contributed by atoms with Gasteiger partial charge in [-0.05, 0) is 77.9 Å². The molecule has 0 bridgehead atoms. The van der Waals surface area contributed by atoms with Gasteiger partial charge in [0.15, 0.2) is 18.0 Å². The van der Waals surface area contributed by atoms with Crippen LogP contribution in [0.3, 0.4) is 0 Å². The zero-order chi connectivity index (χ0) is 36.0. The molecule has 3 aromatic heterocycles. The summed E-state index contributed by atoms with van der Waals surface area (Å²) >= 11 is 0. The zero-order valence-corrected chi connectivity index (χ0v) is 28.6. The number of rotatable bonds is 10. The highest BCUT2D eigenvalue weighted by Gasteiger charge is 2.28. The number of nitrogens with zero attached hydrogens (tertiary/aromatic N) is 5. The van der Waals surface area contributed by atoms with Gasteiger partial charge in [-0.1, -0.05) is 26.0 Å². The quantitative estimate of drug-likeness (QED) is 0.115. The first-order valence-electron chi connectivity index (χ1n) is 16.9. The van der Waals surface area contributed by atoms with Gasteiger partial charge < -0.3 is 40.8 Å². The molecule has 5 aromatic rings. The Labute approximate surface area is 293 Å². The lowest BCUT2D eigenvalue weighted by Gasteiger charge is -2.23. The maximum absolute atomic E-state index is 13.3. The van der Waals surface area contributed by atoms with Crippen LogP contribution in [-0.2, 0) is 19.4 Å². The number of allylic oxidation sites excluding steroid dienone is 2. The lowest BCUT2D eigenvalue weighted by molar-refractivity contribution is 0.0790. The van der Waals surface area contributed by atoms with Crippen molar-refractivity contribution in [1.29, 1.82) is 0 Å². The van der Waals surface area contributed by atoms with E-state index in [4.69, 9.17) is 5.73 Å². The zero-order valence-electron chi connectivity index (χ0n) is 28.6. The fraction of sp³-hybridized carbons (Fsp3) is 0.297. The number of H-pyrrole nitrogens is 2. The van der Waals surface area contributed by atoms with E-state index in [-0.39, 0.29) is 30.0 Å². The molecule has 2 aliphatic rings. The van der Waals surface area contributed by atoms with Crippen LogP contribution in [0.15, 0.2) is 88.1 Å². The number of aryl methyl sites for hydroxylation is 2. The molecular formula is C37H41N9O5. The highest BCUT2D eigenvalue weighted by atomic mass is 16.3. The molecule has 1 amide bonds. The van der Waals surface area contributed by atoms with Crippen molar-refractivity contribution in [3.8, 4) is 5.69 Å². The number of aliphatic hydroxyl groups excluding tert-OH is 3. The third-order valence-corrected chi connectivity index (χ3v) is 9.64. The van der Waals surface area contributed by atoms with Crippen LogP contribution >= 0.6 is 0 Å². The van der Waals surface area contributed by atoms with Crippen LogP contribution in [-0.4, -0.2) is 76.1 Å². The lowest BCUT2D eigenvalue weighted by Crippen LogP contribution is -2.30. The number of nitrogens with one attached hydrogen (secondary N) is 3. The van der Waals surface area contributed by atoms with Gasteiger partial charge in [-0.3, -0.25) is 4.79 Å². The summed E-state index contributed by atoms with van der Waals surface area (Å²) in [5.41, 5.74) is 11.3. The first-order chi connectivity index (χ1) is 24.5. The summed E-state index contributed by atoms with van der Waals surface area (Å²) in [5, 5.41) is 42.1. The Bertz CT molecular complexity index is 2270. The number of fused-ring (bicyclic) bond motifs is 2. The third-order valence-electron chi connectivity index (χ3n) is 9.64. The van der Waals surface area contributed by atoms with Crippen molar-refractivity contribution in [2.24, 2.45) is 16.6 Å². The summed E-state index contributed by atoms with van der Waals surface area (Å²) in [4.78, 5) is 35.0. The van der Waals surface area contributed by atoms with Crippen LogP contribution in [0.5, 0.6) is 0 Å². The van der Waals surface area contributed by atoms with Gasteiger partial charge in [0, 0.05) is 66.6 Å². The van der Waals surface area contributed by atoms with Crippen LogP contribution in [0.25, 0.3) is 22.2 Å². The molecule has 0 radical (unpaired) electrons. The van der Waals surface area contributed by atoms with Gasteiger partial charge in [0.25, 0.3) is 5.91 Å².